The predicted molar refractivity (Wildman–Crippen MR) is 194 cm³/mol. The van der Waals surface area contributed by atoms with Gasteiger partial charge in [-0.05, 0) is 101 Å². The van der Waals surface area contributed by atoms with Crippen molar-refractivity contribution in [3.8, 4) is 0 Å². The van der Waals surface area contributed by atoms with Crippen molar-refractivity contribution in [2.45, 2.75) is 55.2 Å². The highest BCUT2D eigenvalue weighted by Gasteiger charge is 2.40. The van der Waals surface area contributed by atoms with Crippen molar-refractivity contribution in [2.24, 2.45) is 0 Å². The molecule has 3 heterocycles. The van der Waals surface area contributed by atoms with Crippen LogP contribution in [0, 0.1) is 6.92 Å². The number of rotatable bonds is 4. The number of benzene rings is 5. The molecule has 0 amide bonds. The van der Waals surface area contributed by atoms with E-state index in [0.717, 1.165) is 28.3 Å². The zero-order chi connectivity index (χ0) is 33.4. The summed E-state index contributed by atoms with van der Waals surface area (Å²) < 4.78 is 27.0. The van der Waals surface area contributed by atoms with Crippen LogP contribution in [0.4, 0.5) is 34.1 Å². The van der Waals surface area contributed by atoms with Crippen LogP contribution in [0.2, 0.25) is 0 Å². The van der Waals surface area contributed by atoms with Gasteiger partial charge in [0, 0.05) is 34.6 Å². The summed E-state index contributed by atoms with van der Waals surface area (Å²) in [6.07, 6.45) is 2.98. The molecule has 0 atom stereocenters. The maximum Gasteiger partial charge on any atom is 0.208 e. The van der Waals surface area contributed by atoms with Gasteiger partial charge in [0.05, 0.1) is 32.5 Å². The Morgan fingerprint density at radius 3 is 1.60 bits per heavy atom. The Labute approximate surface area is 283 Å². The van der Waals surface area contributed by atoms with Gasteiger partial charge < -0.3 is 9.80 Å². The summed E-state index contributed by atoms with van der Waals surface area (Å²) in [4.78, 5) is 9.16. The summed E-state index contributed by atoms with van der Waals surface area (Å²) in [5.74, 6) is 0. The van der Waals surface area contributed by atoms with Gasteiger partial charge in [-0.15, -0.1) is 0 Å². The summed E-state index contributed by atoms with van der Waals surface area (Å²) in [5.41, 5.74) is 12.0. The van der Waals surface area contributed by atoms with E-state index in [2.05, 4.69) is 133 Å². The van der Waals surface area contributed by atoms with Crippen LogP contribution in [-0.4, -0.2) is 13.4 Å². The molecular weight excluding hydrogens is 611 g/mol. The molecule has 0 radical (unpaired) electrons. The second-order valence-electron chi connectivity index (χ2n) is 13.8. The molecule has 6 heteroatoms. The zero-order valence-corrected chi connectivity index (χ0v) is 28.6. The van der Waals surface area contributed by atoms with E-state index in [0.29, 0.717) is 0 Å². The minimum absolute atomic E-state index is 0.138. The molecule has 2 aliphatic heterocycles. The van der Waals surface area contributed by atoms with Gasteiger partial charge in [0.15, 0.2) is 0 Å². The average Bonchev–Trinajstić information content (AvgIpc) is 3.10. The van der Waals surface area contributed by atoms with Crippen molar-refractivity contribution >= 4 is 44.0 Å². The third kappa shape index (κ3) is 4.36. The lowest BCUT2D eigenvalue weighted by Gasteiger charge is -2.44. The van der Waals surface area contributed by atoms with E-state index in [1.165, 1.54) is 39.8 Å². The second-order valence-corrected chi connectivity index (χ2v) is 15.8. The Kier molecular flexibility index (Phi) is 6.70. The lowest BCUT2D eigenvalue weighted by atomic mass is 9.72. The van der Waals surface area contributed by atoms with Crippen molar-refractivity contribution < 1.29 is 8.42 Å². The summed E-state index contributed by atoms with van der Waals surface area (Å²) in [6, 6.07) is 41.5. The largest absolute Gasteiger partial charge is 0.310 e. The van der Waals surface area contributed by atoms with Crippen LogP contribution < -0.4 is 9.80 Å². The number of sulfone groups is 1. The topological polar surface area (TPSA) is 53.5 Å². The molecule has 1 aromatic heterocycles. The Bertz CT molecular complexity index is 2300. The summed E-state index contributed by atoms with van der Waals surface area (Å²) in [7, 11) is -3.71. The molecule has 0 bridgehead atoms. The highest BCUT2D eigenvalue weighted by molar-refractivity contribution is 7.91. The van der Waals surface area contributed by atoms with Crippen LogP contribution in [0.1, 0.15) is 55.5 Å². The molecule has 0 fully saturated rings. The normalized spacial score (nSPS) is 15.6. The lowest BCUT2D eigenvalue weighted by molar-refractivity contribution is 0.595. The molecule has 8 rings (SSSR count). The van der Waals surface area contributed by atoms with Crippen LogP contribution in [0.15, 0.2) is 144 Å². The molecule has 0 aliphatic carbocycles. The van der Waals surface area contributed by atoms with Crippen molar-refractivity contribution in [3.63, 3.8) is 0 Å². The van der Waals surface area contributed by atoms with Gasteiger partial charge in [0.25, 0.3) is 0 Å². The van der Waals surface area contributed by atoms with Gasteiger partial charge in [-0.25, -0.2) is 8.42 Å². The number of nitrogens with zero attached hydrogens (tertiary/aromatic N) is 3. The Balaban J connectivity index is 1.31. The molecular formula is C42H37N3O2S. The quantitative estimate of drug-likeness (QED) is 0.191. The lowest BCUT2D eigenvalue weighted by Crippen LogP contribution is -2.32. The number of hydrogen-bond acceptors (Lipinski definition) is 5. The number of hydrogen-bond donors (Lipinski definition) is 0. The van der Waals surface area contributed by atoms with Crippen molar-refractivity contribution in [1.29, 1.82) is 0 Å². The van der Waals surface area contributed by atoms with E-state index in [-0.39, 0.29) is 20.6 Å². The first-order valence-corrected chi connectivity index (χ1v) is 17.8. The minimum atomic E-state index is -3.71. The molecule has 5 nitrogen and oxygen atoms in total. The fourth-order valence-corrected chi connectivity index (χ4v) is 9.03. The van der Waals surface area contributed by atoms with Crippen LogP contribution >= 0.6 is 0 Å². The monoisotopic (exact) mass is 647 g/mol. The maximum atomic E-state index is 13.5. The average molecular weight is 648 g/mol. The van der Waals surface area contributed by atoms with Gasteiger partial charge in [-0.2, -0.15) is 0 Å². The molecule has 5 aromatic carbocycles. The minimum Gasteiger partial charge on any atom is -0.310 e. The molecule has 0 spiro atoms. The SMILES string of the molecule is Cc1cc(S(=O)(=O)c2cccnc2)ccc1N1c2ccccc2C(C)(C)c2cc(N3c4ccccc4C(C)(C)c4ccccc43)ccc21. The van der Waals surface area contributed by atoms with Gasteiger partial charge in [-0.3, -0.25) is 4.98 Å². The molecule has 238 valence electrons. The fourth-order valence-electron chi connectivity index (χ4n) is 7.73. The van der Waals surface area contributed by atoms with Gasteiger partial charge in [-0.1, -0.05) is 82.3 Å². The van der Waals surface area contributed by atoms with E-state index >= 15 is 0 Å². The van der Waals surface area contributed by atoms with Crippen LogP contribution in [0.5, 0.6) is 0 Å². The molecule has 2 aliphatic rings. The molecule has 0 unspecified atom stereocenters. The summed E-state index contributed by atoms with van der Waals surface area (Å²) >= 11 is 0. The molecule has 0 saturated heterocycles. The van der Waals surface area contributed by atoms with E-state index in [9.17, 15) is 8.42 Å². The number of fused-ring (bicyclic) bond motifs is 4. The van der Waals surface area contributed by atoms with Crippen molar-refractivity contribution in [3.05, 3.63) is 162 Å². The predicted octanol–water partition coefficient (Wildman–Crippen LogP) is 10.4. The number of anilines is 6. The summed E-state index contributed by atoms with van der Waals surface area (Å²) in [5, 5.41) is 0. The number of aryl methyl sites for hydroxylation is 1. The van der Waals surface area contributed by atoms with Crippen LogP contribution in [0.25, 0.3) is 0 Å². The van der Waals surface area contributed by atoms with Crippen molar-refractivity contribution in [2.75, 3.05) is 9.80 Å². The van der Waals surface area contributed by atoms with Crippen LogP contribution in [-0.2, 0) is 20.7 Å². The molecule has 0 N–H and O–H groups in total. The maximum absolute atomic E-state index is 13.5. The van der Waals surface area contributed by atoms with E-state index in [4.69, 9.17) is 0 Å². The fraction of sp³-hybridized carbons (Fsp3) is 0.167. The zero-order valence-electron chi connectivity index (χ0n) is 27.8. The number of pyridine rings is 1. The molecule has 6 aromatic rings. The first-order valence-electron chi connectivity index (χ1n) is 16.3. The van der Waals surface area contributed by atoms with E-state index in [1.807, 2.05) is 13.0 Å². The van der Waals surface area contributed by atoms with Crippen molar-refractivity contribution in [1.82, 2.24) is 4.98 Å². The first-order chi connectivity index (χ1) is 23.0. The highest BCUT2D eigenvalue weighted by atomic mass is 32.2. The smallest absolute Gasteiger partial charge is 0.208 e. The van der Waals surface area contributed by atoms with E-state index in [1.54, 1.807) is 30.5 Å². The first kappa shape index (κ1) is 30.2. The number of aromatic nitrogens is 1. The van der Waals surface area contributed by atoms with Gasteiger partial charge >= 0.3 is 0 Å². The third-order valence-corrected chi connectivity index (χ3v) is 12.0. The Morgan fingerprint density at radius 2 is 1.04 bits per heavy atom. The second kappa shape index (κ2) is 10.7. The summed E-state index contributed by atoms with van der Waals surface area (Å²) in [6.45, 7) is 11.2. The van der Waals surface area contributed by atoms with Gasteiger partial charge in [0.1, 0.15) is 0 Å². The molecule has 0 saturated carbocycles. The Morgan fingerprint density at radius 1 is 0.521 bits per heavy atom. The standard InChI is InChI=1S/C42H37N3O2S/c1-28-25-30(48(46,47)31-13-12-24-43-27-31)21-23-36(28)45-39-19-11-8-16-34(39)42(4,5)35-26-29(20-22-40(35)45)44-37-17-9-6-14-32(37)41(2,3)33-15-7-10-18-38(33)44/h6-27H,1-5H3. The Hall–Kier alpha value is -5.20. The molecule has 48 heavy (non-hydrogen) atoms. The highest BCUT2D eigenvalue weighted by Crippen LogP contribution is 2.56. The van der Waals surface area contributed by atoms with E-state index < -0.39 is 9.84 Å². The van der Waals surface area contributed by atoms with Gasteiger partial charge in [0.2, 0.25) is 9.84 Å². The van der Waals surface area contributed by atoms with Crippen LogP contribution in [0.3, 0.4) is 0 Å². The third-order valence-electron chi connectivity index (χ3n) is 10.3. The number of para-hydroxylation sites is 3.